The van der Waals surface area contributed by atoms with Crippen molar-refractivity contribution in [3.8, 4) is 11.8 Å². The number of ether oxygens (including phenoxy) is 1. The van der Waals surface area contributed by atoms with Gasteiger partial charge in [-0.25, -0.2) is 0 Å². The highest BCUT2D eigenvalue weighted by Crippen LogP contribution is 2.36. The van der Waals surface area contributed by atoms with Crippen LogP contribution in [-0.4, -0.2) is 0 Å². The molecule has 0 saturated heterocycles. The number of nitrogens with zero attached hydrogens (tertiary/aromatic N) is 1. The van der Waals surface area contributed by atoms with E-state index in [9.17, 15) is 5.26 Å². The van der Waals surface area contributed by atoms with Gasteiger partial charge in [-0.2, -0.15) is 5.26 Å². The van der Waals surface area contributed by atoms with E-state index in [0.717, 1.165) is 22.3 Å². The lowest BCUT2D eigenvalue weighted by Gasteiger charge is -2.12. The third-order valence-electron chi connectivity index (χ3n) is 4.14. The molecule has 0 fully saturated rings. The molecule has 140 valence electrons. The molecular formula is C23H16Cl3NO. The van der Waals surface area contributed by atoms with E-state index in [1.54, 1.807) is 24.3 Å². The lowest BCUT2D eigenvalue weighted by Crippen LogP contribution is -1.97. The standard InChI is InChI=1S/C23H16Cl3NO/c1-15-6-8-17(9-7-15)19(13-27)10-16-11-21(25)23(22(26)12-16)28-14-18-4-2-3-5-20(18)24/h2-12H,14H2,1H3/b19-10-. The van der Waals surface area contributed by atoms with E-state index in [1.165, 1.54) is 0 Å². The van der Waals surface area contributed by atoms with Crippen molar-refractivity contribution < 1.29 is 4.74 Å². The Labute approximate surface area is 179 Å². The topological polar surface area (TPSA) is 33.0 Å². The van der Waals surface area contributed by atoms with Crippen molar-refractivity contribution in [1.29, 1.82) is 5.26 Å². The van der Waals surface area contributed by atoms with Gasteiger partial charge in [-0.3, -0.25) is 0 Å². The summed E-state index contributed by atoms with van der Waals surface area (Å²) in [4.78, 5) is 0. The van der Waals surface area contributed by atoms with E-state index >= 15 is 0 Å². The highest BCUT2D eigenvalue weighted by atomic mass is 35.5. The van der Waals surface area contributed by atoms with Crippen LogP contribution < -0.4 is 4.74 Å². The van der Waals surface area contributed by atoms with Gasteiger partial charge in [0.15, 0.2) is 5.75 Å². The lowest BCUT2D eigenvalue weighted by atomic mass is 10.0. The predicted molar refractivity (Wildman–Crippen MR) is 117 cm³/mol. The summed E-state index contributed by atoms with van der Waals surface area (Å²) >= 11 is 18.9. The smallest absolute Gasteiger partial charge is 0.157 e. The van der Waals surface area contributed by atoms with Crippen LogP contribution in [-0.2, 0) is 6.61 Å². The molecule has 3 aromatic carbocycles. The zero-order valence-corrected chi connectivity index (χ0v) is 17.3. The van der Waals surface area contributed by atoms with Gasteiger partial charge in [0, 0.05) is 10.6 Å². The maximum atomic E-state index is 9.52. The zero-order chi connectivity index (χ0) is 20.1. The van der Waals surface area contributed by atoms with Crippen LogP contribution in [0.5, 0.6) is 5.75 Å². The molecule has 0 unspecified atom stereocenters. The molecule has 3 rings (SSSR count). The Kier molecular flexibility index (Phi) is 6.65. The van der Waals surface area contributed by atoms with Gasteiger partial charge in [-0.05, 0) is 42.3 Å². The van der Waals surface area contributed by atoms with E-state index < -0.39 is 0 Å². The number of halogens is 3. The summed E-state index contributed by atoms with van der Waals surface area (Å²) in [5, 5.41) is 10.9. The average molecular weight is 429 g/mol. The highest BCUT2D eigenvalue weighted by Gasteiger charge is 2.11. The van der Waals surface area contributed by atoms with E-state index in [0.29, 0.717) is 26.4 Å². The van der Waals surface area contributed by atoms with Crippen molar-refractivity contribution in [2.24, 2.45) is 0 Å². The summed E-state index contributed by atoms with van der Waals surface area (Å²) in [6.45, 7) is 2.25. The Morgan fingerprint density at radius 2 is 1.61 bits per heavy atom. The fraction of sp³-hybridized carbons (Fsp3) is 0.0870. The first-order valence-electron chi connectivity index (χ1n) is 8.52. The van der Waals surface area contributed by atoms with E-state index in [4.69, 9.17) is 39.5 Å². The van der Waals surface area contributed by atoms with Crippen molar-refractivity contribution in [3.05, 3.63) is 98.0 Å². The van der Waals surface area contributed by atoms with Crippen molar-refractivity contribution in [1.82, 2.24) is 0 Å². The minimum atomic E-state index is 0.251. The molecule has 0 aliphatic carbocycles. The van der Waals surface area contributed by atoms with Crippen LogP contribution >= 0.6 is 34.8 Å². The number of rotatable bonds is 5. The number of benzene rings is 3. The summed E-state index contributed by atoms with van der Waals surface area (Å²) < 4.78 is 5.78. The highest BCUT2D eigenvalue weighted by molar-refractivity contribution is 6.37. The monoisotopic (exact) mass is 427 g/mol. The molecule has 0 N–H and O–H groups in total. The molecule has 0 aliphatic rings. The molecule has 5 heteroatoms. The fourth-order valence-electron chi connectivity index (χ4n) is 2.65. The Hall–Kier alpha value is -2.44. The van der Waals surface area contributed by atoms with Gasteiger partial charge in [0.05, 0.1) is 21.7 Å². The number of aryl methyl sites for hydroxylation is 1. The summed E-state index contributed by atoms with van der Waals surface area (Å²) in [6, 6.07) is 20.8. The molecule has 0 spiro atoms. The van der Waals surface area contributed by atoms with Crippen LogP contribution in [0.3, 0.4) is 0 Å². The third-order valence-corrected chi connectivity index (χ3v) is 5.07. The molecule has 0 aromatic heterocycles. The van der Waals surface area contributed by atoms with Gasteiger partial charge in [-0.1, -0.05) is 82.8 Å². The second-order valence-electron chi connectivity index (χ2n) is 6.23. The normalized spacial score (nSPS) is 11.2. The van der Waals surface area contributed by atoms with Crippen molar-refractivity contribution in [2.45, 2.75) is 13.5 Å². The molecule has 0 amide bonds. The predicted octanol–water partition coefficient (Wildman–Crippen LogP) is 7.60. The van der Waals surface area contributed by atoms with Gasteiger partial charge >= 0.3 is 0 Å². The van der Waals surface area contributed by atoms with E-state index in [2.05, 4.69) is 6.07 Å². The number of allylic oxidation sites excluding steroid dienone is 1. The molecule has 0 radical (unpaired) electrons. The van der Waals surface area contributed by atoms with Crippen molar-refractivity contribution in [2.75, 3.05) is 0 Å². The largest absolute Gasteiger partial charge is 0.486 e. The molecule has 0 saturated carbocycles. The summed E-state index contributed by atoms with van der Waals surface area (Å²) in [5.74, 6) is 0.384. The van der Waals surface area contributed by atoms with Gasteiger partial charge in [0.2, 0.25) is 0 Å². The van der Waals surface area contributed by atoms with E-state index in [1.807, 2.05) is 49.4 Å². The van der Waals surface area contributed by atoms with Crippen LogP contribution in [0.25, 0.3) is 11.6 Å². The number of hydrogen-bond donors (Lipinski definition) is 0. The average Bonchev–Trinajstić information content (AvgIpc) is 2.67. The fourth-order valence-corrected chi connectivity index (χ4v) is 3.45. The molecule has 0 heterocycles. The van der Waals surface area contributed by atoms with Crippen LogP contribution in [0.2, 0.25) is 15.1 Å². The van der Waals surface area contributed by atoms with Crippen molar-refractivity contribution >= 4 is 46.5 Å². The molecule has 0 atom stereocenters. The summed E-state index contributed by atoms with van der Waals surface area (Å²) in [6.07, 6.45) is 1.75. The minimum Gasteiger partial charge on any atom is -0.486 e. The Morgan fingerprint density at radius 1 is 0.964 bits per heavy atom. The first kappa shape index (κ1) is 20.3. The SMILES string of the molecule is Cc1ccc(/C(C#N)=C\c2cc(Cl)c(OCc3ccccc3Cl)c(Cl)c2)cc1. The second kappa shape index (κ2) is 9.17. The molecule has 0 aliphatic heterocycles. The van der Waals surface area contributed by atoms with Gasteiger partial charge in [0.1, 0.15) is 6.61 Å². The van der Waals surface area contributed by atoms with Gasteiger partial charge in [-0.15, -0.1) is 0 Å². The van der Waals surface area contributed by atoms with Crippen LogP contribution in [0.15, 0.2) is 60.7 Å². The van der Waals surface area contributed by atoms with Gasteiger partial charge < -0.3 is 4.74 Å². The summed E-state index contributed by atoms with van der Waals surface area (Å²) in [7, 11) is 0. The van der Waals surface area contributed by atoms with Crippen LogP contribution in [0.1, 0.15) is 22.3 Å². The molecule has 2 nitrogen and oxygen atoms in total. The maximum absolute atomic E-state index is 9.52. The molecule has 3 aromatic rings. The zero-order valence-electron chi connectivity index (χ0n) is 15.0. The lowest BCUT2D eigenvalue weighted by molar-refractivity contribution is 0.306. The second-order valence-corrected chi connectivity index (χ2v) is 7.45. The number of hydrogen-bond acceptors (Lipinski definition) is 2. The Morgan fingerprint density at radius 3 is 2.21 bits per heavy atom. The Bertz CT molecular complexity index is 1040. The molecule has 0 bridgehead atoms. The third kappa shape index (κ3) is 4.88. The quantitative estimate of drug-likeness (QED) is 0.309. The van der Waals surface area contributed by atoms with Gasteiger partial charge in [0.25, 0.3) is 0 Å². The van der Waals surface area contributed by atoms with E-state index in [-0.39, 0.29) is 6.61 Å². The van der Waals surface area contributed by atoms with Crippen LogP contribution in [0, 0.1) is 18.3 Å². The first-order chi connectivity index (χ1) is 13.5. The molecular weight excluding hydrogens is 413 g/mol. The minimum absolute atomic E-state index is 0.251. The Balaban J connectivity index is 1.86. The van der Waals surface area contributed by atoms with Crippen LogP contribution in [0.4, 0.5) is 0 Å². The maximum Gasteiger partial charge on any atom is 0.157 e. The first-order valence-corrected chi connectivity index (χ1v) is 9.65. The van der Waals surface area contributed by atoms with Crippen molar-refractivity contribution in [3.63, 3.8) is 0 Å². The summed E-state index contributed by atoms with van der Waals surface area (Å²) in [5.41, 5.74) is 4.05. The number of nitriles is 1. The molecule has 28 heavy (non-hydrogen) atoms.